The van der Waals surface area contributed by atoms with Crippen molar-refractivity contribution in [3.8, 4) is 0 Å². The maximum Gasteiger partial charge on any atom is 0.202 e. The van der Waals surface area contributed by atoms with Gasteiger partial charge in [-0.3, -0.25) is 4.79 Å². The van der Waals surface area contributed by atoms with Gasteiger partial charge in [0.1, 0.15) is 0 Å². The van der Waals surface area contributed by atoms with Gasteiger partial charge in [0.15, 0.2) is 0 Å². The maximum atomic E-state index is 11.4. The molecule has 0 aromatic carbocycles. The second-order valence-corrected chi connectivity index (χ2v) is 5.02. The summed E-state index contributed by atoms with van der Waals surface area (Å²) >= 11 is 3.96. The van der Waals surface area contributed by atoms with Crippen LogP contribution in [0.25, 0.3) is 0 Å². The van der Waals surface area contributed by atoms with Gasteiger partial charge in [-0.2, -0.15) is 0 Å². The van der Waals surface area contributed by atoms with Crippen molar-refractivity contribution in [3.63, 3.8) is 0 Å². The molecular formula is C9H17NOS2. The topological polar surface area (TPSA) is 20.3 Å². The maximum absolute atomic E-state index is 11.4. The summed E-state index contributed by atoms with van der Waals surface area (Å²) in [7, 11) is 5.26. The molecule has 0 amide bonds. The number of carbonyl (C=O) groups excluding carboxylic acids is 1. The van der Waals surface area contributed by atoms with E-state index in [-0.39, 0.29) is 11.0 Å². The van der Waals surface area contributed by atoms with Gasteiger partial charge in [-0.1, -0.05) is 6.42 Å². The van der Waals surface area contributed by atoms with Gasteiger partial charge in [0.25, 0.3) is 0 Å². The van der Waals surface area contributed by atoms with Crippen LogP contribution in [0.15, 0.2) is 0 Å². The molecule has 2 unspecified atom stereocenters. The first-order valence-electron chi connectivity index (χ1n) is 4.67. The minimum atomic E-state index is 0.239. The molecule has 13 heavy (non-hydrogen) atoms. The summed E-state index contributed by atoms with van der Waals surface area (Å²) in [5.74, 6) is 0.239. The molecule has 2 nitrogen and oxygen atoms in total. The van der Waals surface area contributed by atoms with Crippen molar-refractivity contribution in [2.75, 3.05) is 14.1 Å². The van der Waals surface area contributed by atoms with Crippen LogP contribution in [0.1, 0.15) is 25.7 Å². The van der Waals surface area contributed by atoms with Crippen molar-refractivity contribution >= 4 is 27.6 Å². The van der Waals surface area contributed by atoms with E-state index in [9.17, 15) is 4.79 Å². The predicted molar refractivity (Wildman–Crippen MR) is 61.0 cm³/mol. The summed E-state index contributed by atoms with van der Waals surface area (Å²) in [6, 6.07) is 0.586. The van der Waals surface area contributed by atoms with Gasteiger partial charge in [0.2, 0.25) is 5.12 Å². The second-order valence-electron chi connectivity index (χ2n) is 3.89. The van der Waals surface area contributed by atoms with Gasteiger partial charge in [0.05, 0.1) is 0 Å². The molecule has 0 spiro atoms. The van der Waals surface area contributed by atoms with Crippen molar-refractivity contribution in [2.24, 2.45) is 5.92 Å². The Labute approximate surface area is 89.3 Å². The van der Waals surface area contributed by atoms with Gasteiger partial charge in [-0.25, -0.2) is 0 Å². The fourth-order valence-electron chi connectivity index (χ4n) is 1.92. The van der Waals surface area contributed by atoms with E-state index in [1.807, 2.05) is 0 Å². The highest BCUT2D eigenvalue weighted by atomic mass is 33.1. The van der Waals surface area contributed by atoms with Gasteiger partial charge < -0.3 is 4.90 Å². The number of nitrogens with zero attached hydrogens (tertiary/aromatic N) is 1. The summed E-state index contributed by atoms with van der Waals surface area (Å²) in [4.78, 5) is 13.6. The van der Waals surface area contributed by atoms with Crippen molar-refractivity contribution in [3.05, 3.63) is 0 Å². The molecule has 76 valence electrons. The Balaban J connectivity index is 2.46. The first-order chi connectivity index (χ1) is 6.15. The largest absolute Gasteiger partial charge is 0.306 e. The Morgan fingerprint density at radius 3 is 2.69 bits per heavy atom. The van der Waals surface area contributed by atoms with E-state index in [1.54, 1.807) is 0 Å². The molecule has 0 heterocycles. The third-order valence-electron chi connectivity index (χ3n) is 2.80. The quantitative estimate of drug-likeness (QED) is 0.568. The molecule has 0 radical (unpaired) electrons. The molecule has 1 aliphatic rings. The Hall–Kier alpha value is 0.330. The normalized spacial score (nSPS) is 29.2. The molecule has 1 saturated carbocycles. The molecule has 0 saturated heterocycles. The van der Waals surface area contributed by atoms with E-state index in [2.05, 4.69) is 30.7 Å². The fourth-order valence-corrected chi connectivity index (χ4v) is 2.73. The lowest BCUT2D eigenvalue weighted by atomic mass is 9.86. The smallest absolute Gasteiger partial charge is 0.202 e. The van der Waals surface area contributed by atoms with Crippen molar-refractivity contribution in [1.82, 2.24) is 4.90 Å². The average molecular weight is 219 g/mol. The van der Waals surface area contributed by atoms with E-state index in [0.717, 1.165) is 23.6 Å². The van der Waals surface area contributed by atoms with E-state index in [4.69, 9.17) is 0 Å². The average Bonchev–Trinajstić information content (AvgIpc) is 2.17. The number of rotatable bonds is 2. The highest BCUT2D eigenvalue weighted by Gasteiger charge is 2.27. The molecule has 0 aromatic rings. The molecule has 2 atom stereocenters. The van der Waals surface area contributed by atoms with Crippen molar-refractivity contribution < 1.29 is 4.79 Å². The molecule has 0 bridgehead atoms. The Kier molecular flexibility index (Phi) is 4.62. The van der Waals surface area contributed by atoms with Gasteiger partial charge >= 0.3 is 0 Å². The zero-order chi connectivity index (χ0) is 9.84. The Bertz CT molecular complexity index is 184. The molecule has 0 aliphatic heterocycles. The van der Waals surface area contributed by atoms with Crippen LogP contribution in [-0.4, -0.2) is 30.2 Å². The SMILES string of the molecule is CN(C)C1CCCC(C(=O)SS)C1. The molecule has 1 aliphatic carbocycles. The molecule has 1 fully saturated rings. The third kappa shape index (κ3) is 3.18. The van der Waals surface area contributed by atoms with Gasteiger partial charge in [-0.15, -0.1) is 11.7 Å². The number of hydrogen-bond acceptors (Lipinski definition) is 4. The summed E-state index contributed by atoms with van der Waals surface area (Å²) in [5.41, 5.74) is 0. The lowest BCUT2D eigenvalue weighted by Gasteiger charge is -2.32. The minimum Gasteiger partial charge on any atom is -0.306 e. The Morgan fingerprint density at radius 2 is 2.15 bits per heavy atom. The van der Waals surface area contributed by atoms with E-state index in [1.165, 1.54) is 12.8 Å². The molecule has 0 N–H and O–H groups in total. The molecular weight excluding hydrogens is 202 g/mol. The van der Waals surface area contributed by atoms with Crippen LogP contribution in [0.2, 0.25) is 0 Å². The number of hydrogen-bond donors (Lipinski definition) is 1. The van der Waals surface area contributed by atoms with E-state index < -0.39 is 0 Å². The third-order valence-corrected chi connectivity index (χ3v) is 3.85. The summed E-state index contributed by atoms with van der Waals surface area (Å²) in [5, 5.41) is 0.245. The summed E-state index contributed by atoms with van der Waals surface area (Å²) in [6.07, 6.45) is 4.47. The van der Waals surface area contributed by atoms with Crippen LogP contribution in [0.5, 0.6) is 0 Å². The lowest BCUT2D eigenvalue weighted by Crippen LogP contribution is -2.34. The summed E-state index contributed by atoms with van der Waals surface area (Å²) < 4.78 is 0. The standard InChI is InChI=1S/C9H17NOS2/c1-10(2)8-5-3-4-7(6-8)9(11)13-12/h7-8,12H,3-6H2,1-2H3. The van der Waals surface area contributed by atoms with Gasteiger partial charge in [0, 0.05) is 12.0 Å². The van der Waals surface area contributed by atoms with Crippen LogP contribution >= 0.6 is 22.5 Å². The predicted octanol–water partition coefficient (Wildman–Crippen LogP) is 2.21. The highest BCUT2D eigenvalue weighted by Crippen LogP contribution is 2.30. The molecule has 0 aromatic heterocycles. The van der Waals surface area contributed by atoms with Crippen LogP contribution < -0.4 is 0 Å². The fraction of sp³-hybridized carbons (Fsp3) is 0.889. The summed E-state index contributed by atoms with van der Waals surface area (Å²) in [6.45, 7) is 0. The first-order valence-corrected chi connectivity index (χ1v) is 6.53. The number of thiol groups is 1. The van der Waals surface area contributed by atoms with Crippen LogP contribution in [0.3, 0.4) is 0 Å². The first kappa shape index (κ1) is 11.4. The zero-order valence-electron chi connectivity index (χ0n) is 8.19. The van der Waals surface area contributed by atoms with E-state index in [0.29, 0.717) is 6.04 Å². The lowest BCUT2D eigenvalue weighted by molar-refractivity contribution is -0.115. The monoisotopic (exact) mass is 219 g/mol. The van der Waals surface area contributed by atoms with Crippen LogP contribution in [-0.2, 0) is 4.79 Å². The van der Waals surface area contributed by atoms with Gasteiger partial charge in [-0.05, 0) is 44.2 Å². The number of carbonyl (C=O) groups is 1. The van der Waals surface area contributed by atoms with Crippen LogP contribution in [0.4, 0.5) is 0 Å². The minimum absolute atomic E-state index is 0.239. The second kappa shape index (κ2) is 5.27. The highest BCUT2D eigenvalue weighted by molar-refractivity contribution is 8.74. The van der Waals surface area contributed by atoms with Crippen LogP contribution in [0, 0.1) is 5.92 Å². The Morgan fingerprint density at radius 1 is 1.46 bits per heavy atom. The molecule has 1 rings (SSSR count). The van der Waals surface area contributed by atoms with E-state index >= 15 is 0 Å². The molecule has 4 heteroatoms. The zero-order valence-corrected chi connectivity index (χ0v) is 9.90. The van der Waals surface area contributed by atoms with Crippen molar-refractivity contribution in [2.45, 2.75) is 31.7 Å². The van der Waals surface area contributed by atoms with Crippen molar-refractivity contribution in [1.29, 1.82) is 0 Å².